The highest BCUT2D eigenvalue weighted by Crippen LogP contribution is 2.25. The summed E-state index contributed by atoms with van der Waals surface area (Å²) in [7, 11) is 0. The van der Waals surface area contributed by atoms with E-state index in [-0.39, 0.29) is 11.7 Å². The third-order valence-corrected chi connectivity index (χ3v) is 5.32. The minimum atomic E-state index is -0.0554. The smallest absolute Gasteiger partial charge is 0.234 e. The number of rotatable bonds is 5. The molecule has 1 N–H and O–H groups in total. The summed E-state index contributed by atoms with van der Waals surface area (Å²) in [6.45, 7) is 10.1. The molecule has 0 aliphatic carbocycles. The van der Waals surface area contributed by atoms with Crippen molar-refractivity contribution < 1.29 is 4.79 Å². The number of anilines is 1. The Hall–Kier alpha value is -2.60. The number of hydrogen-bond acceptors (Lipinski definition) is 4. The molecular formula is C21H24N4OS. The van der Waals surface area contributed by atoms with Crippen LogP contribution in [0.2, 0.25) is 0 Å². The molecule has 2 aromatic carbocycles. The van der Waals surface area contributed by atoms with Gasteiger partial charge >= 0.3 is 0 Å². The highest BCUT2D eigenvalue weighted by Gasteiger charge is 2.15. The van der Waals surface area contributed by atoms with Crippen LogP contribution in [0.5, 0.6) is 0 Å². The van der Waals surface area contributed by atoms with Crippen molar-refractivity contribution in [3.05, 3.63) is 64.5 Å². The molecule has 0 fully saturated rings. The highest BCUT2D eigenvalue weighted by molar-refractivity contribution is 7.99. The average Bonchev–Trinajstić information content (AvgIpc) is 2.98. The first-order valence-corrected chi connectivity index (χ1v) is 9.83. The zero-order chi connectivity index (χ0) is 19.6. The van der Waals surface area contributed by atoms with E-state index in [2.05, 4.69) is 53.6 Å². The fourth-order valence-electron chi connectivity index (χ4n) is 2.94. The van der Waals surface area contributed by atoms with Crippen molar-refractivity contribution in [2.75, 3.05) is 11.1 Å². The summed E-state index contributed by atoms with van der Waals surface area (Å²) in [6, 6.07) is 12.3. The van der Waals surface area contributed by atoms with Gasteiger partial charge in [-0.25, -0.2) is 0 Å². The first kappa shape index (κ1) is 19.2. The van der Waals surface area contributed by atoms with Gasteiger partial charge in [0.15, 0.2) is 5.16 Å². The van der Waals surface area contributed by atoms with E-state index in [1.165, 1.54) is 22.9 Å². The van der Waals surface area contributed by atoms with Crippen molar-refractivity contribution in [1.82, 2.24) is 14.8 Å². The summed E-state index contributed by atoms with van der Waals surface area (Å²) in [6.07, 6.45) is 0. The lowest BCUT2D eigenvalue weighted by molar-refractivity contribution is -0.113. The molecule has 3 aromatic rings. The molecule has 0 spiro atoms. The van der Waals surface area contributed by atoms with Crippen LogP contribution in [0.25, 0.3) is 5.69 Å². The minimum Gasteiger partial charge on any atom is -0.325 e. The number of thioether (sulfide) groups is 1. The number of hydrogen-bond donors (Lipinski definition) is 1. The lowest BCUT2D eigenvalue weighted by Gasteiger charge is -2.12. The van der Waals surface area contributed by atoms with E-state index in [1.807, 2.05) is 37.5 Å². The molecule has 1 amide bonds. The second-order valence-corrected chi connectivity index (χ2v) is 7.75. The first-order chi connectivity index (χ1) is 12.8. The van der Waals surface area contributed by atoms with E-state index in [1.54, 1.807) is 0 Å². The molecule has 5 nitrogen and oxygen atoms in total. The van der Waals surface area contributed by atoms with Crippen LogP contribution >= 0.6 is 11.8 Å². The van der Waals surface area contributed by atoms with Crippen molar-refractivity contribution in [3.63, 3.8) is 0 Å². The molecule has 0 bridgehead atoms. The number of nitrogens with zero attached hydrogens (tertiary/aromatic N) is 3. The zero-order valence-electron chi connectivity index (χ0n) is 16.3. The summed E-state index contributed by atoms with van der Waals surface area (Å²) in [4.78, 5) is 12.4. The lowest BCUT2D eigenvalue weighted by atomic mass is 10.1. The molecule has 0 radical (unpaired) electrons. The largest absolute Gasteiger partial charge is 0.325 e. The normalized spacial score (nSPS) is 10.9. The SMILES string of the molecule is Cc1ccc(NC(=O)CSc2nnc(C)n2-c2cc(C)ccc2C)c(C)c1. The van der Waals surface area contributed by atoms with Gasteiger partial charge in [0, 0.05) is 5.69 Å². The molecule has 3 rings (SSSR count). The fraction of sp³-hybridized carbons (Fsp3) is 0.286. The Balaban J connectivity index is 1.75. The van der Waals surface area contributed by atoms with Crippen molar-refractivity contribution in [3.8, 4) is 5.69 Å². The van der Waals surface area contributed by atoms with Crippen LogP contribution in [0, 0.1) is 34.6 Å². The number of aryl methyl sites for hydroxylation is 5. The minimum absolute atomic E-state index is 0.0554. The summed E-state index contributed by atoms with van der Waals surface area (Å²) in [5, 5.41) is 12.2. The predicted octanol–water partition coefficient (Wildman–Crippen LogP) is 4.54. The van der Waals surface area contributed by atoms with Crippen molar-refractivity contribution >= 4 is 23.4 Å². The number of amides is 1. The van der Waals surface area contributed by atoms with Gasteiger partial charge < -0.3 is 5.32 Å². The lowest BCUT2D eigenvalue weighted by Crippen LogP contribution is -2.15. The number of aromatic nitrogens is 3. The van der Waals surface area contributed by atoms with Gasteiger partial charge in [-0.1, -0.05) is 41.6 Å². The van der Waals surface area contributed by atoms with Gasteiger partial charge in [-0.3, -0.25) is 9.36 Å². The highest BCUT2D eigenvalue weighted by atomic mass is 32.2. The van der Waals surface area contributed by atoms with Gasteiger partial charge in [-0.05, 0) is 63.4 Å². The van der Waals surface area contributed by atoms with E-state index in [0.29, 0.717) is 0 Å². The molecule has 6 heteroatoms. The summed E-state index contributed by atoms with van der Waals surface area (Å²) < 4.78 is 2.01. The Labute approximate surface area is 164 Å². The van der Waals surface area contributed by atoms with E-state index in [4.69, 9.17) is 0 Å². The Morgan fingerprint density at radius 3 is 2.41 bits per heavy atom. The molecule has 0 aliphatic rings. The molecule has 140 valence electrons. The standard InChI is InChI=1S/C21H24N4OS/c1-13-7-9-18(16(4)10-13)22-20(26)12-27-21-24-23-17(5)25(21)19-11-14(2)6-8-15(19)3/h6-11H,12H2,1-5H3,(H,22,26). The van der Waals surface area contributed by atoms with E-state index in [9.17, 15) is 4.79 Å². The second kappa shape index (κ2) is 7.96. The van der Waals surface area contributed by atoms with Crippen molar-refractivity contribution in [2.24, 2.45) is 0 Å². The van der Waals surface area contributed by atoms with E-state index < -0.39 is 0 Å². The summed E-state index contributed by atoms with van der Waals surface area (Å²) >= 11 is 1.39. The molecule has 0 aliphatic heterocycles. The molecule has 0 atom stereocenters. The number of nitrogens with one attached hydrogen (secondary N) is 1. The Kier molecular flexibility index (Phi) is 5.65. The van der Waals surface area contributed by atoms with E-state index >= 15 is 0 Å². The topological polar surface area (TPSA) is 59.8 Å². The monoisotopic (exact) mass is 380 g/mol. The maximum Gasteiger partial charge on any atom is 0.234 e. The maximum atomic E-state index is 12.4. The Morgan fingerprint density at radius 1 is 0.963 bits per heavy atom. The van der Waals surface area contributed by atoms with Gasteiger partial charge in [0.25, 0.3) is 0 Å². The molecule has 0 unspecified atom stereocenters. The third-order valence-electron chi connectivity index (χ3n) is 4.39. The molecule has 1 heterocycles. The van der Waals surface area contributed by atoms with Gasteiger partial charge in [-0.2, -0.15) is 0 Å². The summed E-state index contributed by atoms with van der Waals surface area (Å²) in [5.41, 5.74) is 6.45. The third kappa shape index (κ3) is 4.39. The molecule has 0 saturated heterocycles. The predicted molar refractivity (Wildman–Crippen MR) is 111 cm³/mol. The van der Waals surface area contributed by atoms with Crippen LogP contribution < -0.4 is 5.32 Å². The van der Waals surface area contributed by atoms with Crippen LogP contribution in [0.15, 0.2) is 41.6 Å². The Bertz CT molecular complexity index is 994. The molecular weight excluding hydrogens is 356 g/mol. The number of benzene rings is 2. The molecule has 27 heavy (non-hydrogen) atoms. The number of carbonyl (C=O) groups is 1. The average molecular weight is 381 g/mol. The van der Waals surface area contributed by atoms with Gasteiger partial charge in [0.1, 0.15) is 5.82 Å². The van der Waals surface area contributed by atoms with Crippen LogP contribution in [-0.2, 0) is 4.79 Å². The Morgan fingerprint density at radius 2 is 1.67 bits per heavy atom. The first-order valence-electron chi connectivity index (χ1n) is 8.84. The second-order valence-electron chi connectivity index (χ2n) is 6.81. The van der Waals surface area contributed by atoms with Crippen LogP contribution in [0.3, 0.4) is 0 Å². The van der Waals surface area contributed by atoms with Crippen LogP contribution in [0.4, 0.5) is 5.69 Å². The molecule has 0 saturated carbocycles. The van der Waals surface area contributed by atoms with E-state index in [0.717, 1.165) is 33.5 Å². The zero-order valence-corrected chi connectivity index (χ0v) is 17.1. The van der Waals surface area contributed by atoms with Gasteiger partial charge in [-0.15, -0.1) is 10.2 Å². The number of carbonyl (C=O) groups excluding carboxylic acids is 1. The van der Waals surface area contributed by atoms with Gasteiger partial charge in [0.2, 0.25) is 5.91 Å². The van der Waals surface area contributed by atoms with Crippen molar-refractivity contribution in [2.45, 2.75) is 39.8 Å². The quantitative estimate of drug-likeness (QED) is 0.660. The van der Waals surface area contributed by atoms with Crippen LogP contribution in [-0.4, -0.2) is 26.4 Å². The maximum absolute atomic E-state index is 12.4. The summed E-state index contributed by atoms with van der Waals surface area (Å²) in [5.74, 6) is 1.03. The van der Waals surface area contributed by atoms with Gasteiger partial charge in [0.05, 0.1) is 11.4 Å². The van der Waals surface area contributed by atoms with Crippen molar-refractivity contribution in [1.29, 1.82) is 0 Å². The fourth-order valence-corrected chi connectivity index (χ4v) is 3.73. The van der Waals surface area contributed by atoms with Crippen LogP contribution in [0.1, 0.15) is 28.1 Å². The molecule has 1 aromatic heterocycles.